The van der Waals surface area contributed by atoms with Crippen LogP contribution in [0, 0.1) is 5.92 Å². The fourth-order valence-electron chi connectivity index (χ4n) is 2.15. The Bertz CT molecular complexity index is 537. The molecule has 1 atom stereocenters. The van der Waals surface area contributed by atoms with Crippen LogP contribution in [0.5, 0.6) is 0 Å². The molecule has 1 amide bonds. The summed E-state index contributed by atoms with van der Waals surface area (Å²) in [5.41, 5.74) is 1.70. The molecule has 0 aliphatic carbocycles. The zero-order valence-electron chi connectivity index (χ0n) is 14.0. The average Bonchev–Trinajstić information content (AvgIpc) is 2.58. The van der Waals surface area contributed by atoms with Crippen LogP contribution >= 0.6 is 0 Å². The summed E-state index contributed by atoms with van der Waals surface area (Å²) >= 11 is 0. The maximum absolute atomic E-state index is 12.2. The number of carbonyl (C=O) groups is 2. The molecule has 23 heavy (non-hydrogen) atoms. The van der Waals surface area contributed by atoms with E-state index in [0.717, 1.165) is 18.4 Å². The molecule has 1 aromatic carbocycles. The Hall–Kier alpha value is -1.94. The predicted molar refractivity (Wildman–Crippen MR) is 93.2 cm³/mol. The zero-order valence-corrected chi connectivity index (χ0v) is 14.0. The number of allylic oxidation sites excluding steroid dienone is 1. The summed E-state index contributed by atoms with van der Waals surface area (Å²) in [7, 11) is 1.64. The zero-order chi connectivity index (χ0) is 17.1. The first-order chi connectivity index (χ1) is 11.1. The summed E-state index contributed by atoms with van der Waals surface area (Å²) in [5.74, 6) is 0.325. The molecule has 0 unspecified atom stereocenters. The van der Waals surface area contributed by atoms with Gasteiger partial charge in [0.05, 0.1) is 0 Å². The third-order valence-corrected chi connectivity index (χ3v) is 3.75. The SMILES string of the molecule is CNC(=O)CCC/C=C\c1cccc(C(=O)CC[C@@H](C)CO)c1. The standard InChI is InChI=1S/C19H27NO3/c1-15(14-21)11-12-18(22)17-9-6-8-16(13-17)7-4-3-5-10-19(23)20-2/h4,6-9,13,15,21H,3,5,10-12,14H2,1-2H3,(H,20,23)/b7-4-/t15-/m1/s1. The van der Waals surface area contributed by atoms with Crippen LogP contribution in [0.3, 0.4) is 0 Å². The Labute approximate surface area is 138 Å². The van der Waals surface area contributed by atoms with Crippen molar-refractivity contribution in [2.24, 2.45) is 5.92 Å². The molecule has 0 fully saturated rings. The van der Waals surface area contributed by atoms with Gasteiger partial charge >= 0.3 is 0 Å². The first-order valence-electron chi connectivity index (χ1n) is 8.18. The predicted octanol–water partition coefficient (Wildman–Crippen LogP) is 3.21. The maximum Gasteiger partial charge on any atom is 0.219 e. The van der Waals surface area contributed by atoms with E-state index < -0.39 is 0 Å². The Balaban J connectivity index is 2.49. The number of benzene rings is 1. The van der Waals surface area contributed by atoms with E-state index >= 15 is 0 Å². The fourth-order valence-corrected chi connectivity index (χ4v) is 2.15. The Morgan fingerprint density at radius 3 is 2.78 bits per heavy atom. The minimum absolute atomic E-state index is 0.0584. The lowest BCUT2D eigenvalue weighted by molar-refractivity contribution is -0.120. The van der Waals surface area contributed by atoms with Crippen molar-refractivity contribution >= 4 is 17.8 Å². The smallest absolute Gasteiger partial charge is 0.219 e. The highest BCUT2D eigenvalue weighted by Gasteiger charge is 2.08. The minimum Gasteiger partial charge on any atom is -0.396 e. The van der Waals surface area contributed by atoms with Gasteiger partial charge in [-0.15, -0.1) is 0 Å². The van der Waals surface area contributed by atoms with Crippen LogP contribution in [0.4, 0.5) is 0 Å². The van der Waals surface area contributed by atoms with Crippen LogP contribution < -0.4 is 5.32 Å². The number of ketones is 1. The van der Waals surface area contributed by atoms with Gasteiger partial charge in [0, 0.05) is 32.1 Å². The lowest BCUT2D eigenvalue weighted by Gasteiger charge is -2.07. The Morgan fingerprint density at radius 1 is 1.30 bits per heavy atom. The van der Waals surface area contributed by atoms with Crippen molar-refractivity contribution < 1.29 is 14.7 Å². The maximum atomic E-state index is 12.2. The number of rotatable bonds is 10. The topological polar surface area (TPSA) is 66.4 Å². The summed E-state index contributed by atoms with van der Waals surface area (Å²) < 4.78 is 0. The molecule has 0 saturated heterocycles. The average molecular weight is 317 g/mol. The first kappa shape index (κ1) is 19.1. The Morgan fingerprint density at radius 2 is 2.09 bits per heavy atom. The molecular formula is C19H27NO3. The molecule has 0 saturated carbocycles. The van der Waals surface area contributed by atoms with Gasteiger partial charge in [-0.05, 0) is 36.8 Å². The molecule has 0 aliphatic rings. The number of carbonyl (C=O) groups excluding carboxylic acids is 2. The number of Topliss-reactive ketones (excluding diaryl/α,β-unsaturated/α-hetero) is 1. The van der Waals surface area contributed by atoms with Crippen molar-refractivity contribution in [3.8, 4) is 0 Å². The van der Waals surface area contributed by atoms with Crippen LogP contribution in [-0.4, -0.2) is 30.5 Å². The van der Waals surface area contributed by atoms with E-state index in [4.69, 9.17) is 5.11 Å². The monoisotopic (exact) mass is 317 g/mol. The van der Waals surface area contributed by atoms with Gasteiger partial charge in [-0.1, -0.05) is 37.3 Å². The number of aliphatic hydroxyl groups is 1. The summed E-state index contributed by atoms with van der Waals surface area (Å²) in [6.45, 7) is 2.05. The van der Waals surface area contributed by atoms with Gasteiger partial charge < -0.3 is 10.4 Å². The summed E-state index contributed by atoms with van der Waals surface area (Å²) in [4.78, 5) is 23.3. The third-order valence-electron chi connectivity index (χ3n) is 3.75. The highest BCUT2D eigenvalue weighted by atomic mass is 16.3. The third kappa shape index (κ3) is 7.75. The second-order valence-electron chi connectivity index (χ2n) is 5.84. The second-order valence-corrected chi connectivity index (χ2v) is 5.84. The van der Waals surface area contributed by atoms with Crippen molar-refractivity contribution in [1.29, 1.82) is 0 Å². The minimum atomic E-state index is 0.0584. The number of hydrogen-bond acceptors (Lipinski definition) is 3. The van der Waals surface area contributed by atoms with Crippen molar-refractivity contribution in [2.75, 3.05) is 13.7 Å². The molecule has 2 N–H and O–H groups in total. The largest absolute Gasteiger partial charge is 0.396 e. The summed E-state index contributed by atoms with van der Waals surface area (Å²) in [5, 5.41) is 11.6. The quantitative estimate of drug-likeness (QED) is 0.514. The van der Waals surface area contributed by atoms with Gasteiger partial charge in [0.1, 0.15) is 0 Å². The number of amides is 1. The van der Waals surface area contributed by atoms with E-state index in [-0.39, 0.29) is 24.2 Å². The Kier molecular flexibility index (Phi) is 8.91. The molecule has 0 radical (unpaired) electrons. The first-order valence-corrected chi connectivity index (χ1v) is 8.18. The van der Waals surface area contributed by atoms with Crippen LogP contribution in [-0.2, 0) is 4.79 Å². The summed E-state index contributed by atoms with van der Waals surface area (Å²) in [6.07, 6.45) is 7.35. The van der Waals surface area contributed by atoms with Crippen LogP contribution in [0.1, 0.15) is 54.9 Å². The molecular weight excluding hydrogens is 290 g/mol. The summed E-state index contributed by atoms with van der Waals surface area (Å²) in [6, 6.07) is 7.56. The number of aliphatic hydroxyl groups excluding tert-OH is 1. The van der Waals surface area contributed by atoms with Gasteiger partial charge in [0.25, 0.3) is 0 Å². The molecule has 1 aromatic rings. The van der Waals surface area contributed by atoms with Gasteiger partial charge in [0.15, 0.2) is 5.78 Å². The molecule has 0 aromatic heterocycles. The molecule has 1 rings (SSSR count). The molecule has 4 nitrogen and oxygen atoms in total. The van der Waals surface area contributed by atoms with Crippen molar-refractivity contribution in [2.45, 2.75) is 39.0 Å². The lowest BCUT2D eigenvalue weighted by atomic mass is 9.99. The number of hydrogen-bond donors (Lipinski definition) is 2. The highest BCUT2D eigenvalue weighted by Crippen LogP contribution is 2.13. The molecule has 4 heteroatoms. The van der Waals surface area contributed by atoms with Crippen LogP contribution in [0.2, 0.25) is 0 Å². The van der Waals surface area contributed by atoms with E-state index in [1.165, 1.54) is 0 Å². The highest BCUT2D eigenvalue weighted by molar-refractivity contribution is 5.96. The van der Waals surface area contributed by atoms with E-state index in [1.54, 1.807) is 7.05 Å². The van der Waals surface area contributed by atoms with Crippen LogP contribution in [0.25, 0.3) is 6.08 Å². The van der Waals surface area contributed by atoms with Gasteiger partial charge in [-0.25, -0.2) is 0 Å². The normalized spacial score (nSPS) is 12.3. The van der Waals surface area contributed by atoms with Crippen molar-refractivity contribution in [3.63, 3.8) is 0 Å². The van der Waals surface area contributed by atoms with E-state index in [0.29, 0.717) is 24.8 Å². The van der Waals surface area contributed by atoms with Gasteiger partial charge in [-0.3, -0.25) is 9.59 Å². The van der Waals surface area contributed by atoms with Crippen molar-refractivity contribution in [1.82, 2.24) is 5.32 Å². The fraction of sp³-hybridized carbons (Fsp3) is 0.474. The van der Waals surface area contributed by atoms with Crippen LogP contribution in [0.15, 0.2) is 30.3 Å². The number of unbranched alkanes of at least 4 members (excludes halogenated alkanes) is 1. The van der Waals surface area contributed by atoms with Gasteiger partial charge in [-0.2, -0.15) is 0 Å². The molecule has 126 valence electrons. The van der Waals surface area contributed by atoms with Gasteiger partial charge in [0.2, 0.25) is 5.91 Å². The van der Waals surface area contributed by atoms with E-state index in [1.807, 2.05) is 43.3 Å². The number of nitrogens with one attached hydrogen (secondary N) is 1. The van der Waals surface area contributed by atoms with Crippen molar-refractivity contribution in [3.05, 3.63) is 41.5 Å². The van der Waals surface area contributed by atoms with E-state index in [9.17, 15) is 9.59 Å². The lowest BCUT2D eigenvalue weighted by Crippen LogP contribution is -2.16. The molecule has 0 aliphatic heterocycles. The van der Waals surface area contributed by atoms with E-state index in [2.05, 4.69) is 5.32 Å². The molecule has 0 spiro atoms. The second kappa shape index (κ2) is 10.7. The molecule has 0 bridgehead atoms. The molecule has 0 heterocycles.